The molecule has 0 heterocycles. The Morgan fingerprint density at radius 3 is 1.92 bits per heavy atom. The number of aliphatic hydroxyl groups excluding tert-OH is 1. The maximum absolute atomic E-state index is 10.1. The molecule has 0 bridgehead atoms. The van der Waals surface area contributed by atoms with E-state index in [1.165, 1.54) is 13.8 Å². The molecule has 0 amide bonds. The van der Waals surface area contributed by atoms with Crippen molar-refractivity contribution in [1.82, 2.24) is 0 Å². The Morgan fingerprint density at radius 2 is 1.83 bits per heavy atom. The third kappa shape index (κ3) is 7.48. The van der Waals surface area contributed by atoms with Gasteiger partial charge in [-0.1, -0.05) is 0 Å². The van der Waals surface area contributed by atoms with E-state index in [4.69, 9.17) is 10.2 Å². The SMILES string of the molecule is CC(C)(O)C(O)CS(=O)(=O)[O-].[Na+]. The van der Waals surface area contributed by atoms with Gasteiger partial charge in [0.05, 0.1) is 27.6 Å². The summed E-state index contributed by atoms with van der Waals surface area (Å²) in [6, 6.07) is 0. The van der Waals surface area contributed by atoms with E-state index < -0.39 is 27.6 Å². The van der Waals surface area contributed by atoms with Gasteiger partial charge < -0.3 is 14.8 Å². The van der Waals surface area contributed by atoms with Gasteiger partial charge in [-0.05, 0) is 13.8 Å². The van der Waals surface area contributed by atoms with Crippen LogP contribution in [0.15, 0.2) is 0 Å². The molecule has 68 valence electrons. The first-order valence-electron chi connectivity index (χ1n) is 2.97. The van der Waals surface area contributed by atoms with Crippen LogP contribution >= 0.6 is 0 Å². The van der Waals surface area contributed by atoms with E-state index in [2.05, 4.69) is 0 Å². The van der Waals surface area contributed by atoms with Crippen LogP contribution in [0.5, 0.6) is 0 Å². The molecule has 0 aliphatic rings. The molecule has 0 fully saturated rings. The van der Waals surface area contributed by atoms with Crippen LogP contribution < -0.4 is 29.6 Å². The number of hydrogen-bond acceptors (Lipinski definition) is 5. The van der Waals surface area contributed by atoms with Crippen molar-refractivity contribution in [3.63, 3.8) is 0 Å². The van der Waals surface area contributed by atoms with E-state index in [9.17, 15) is 13.0 Å². The Hall–Kier alpha value is 0.830. The van der Waals surface area contributed by atoms with Gasteiger partial charge in [-0.3, -0.25) is 0 Å². The van der Waals surface area contributed by atoms with Gasteiger partial charge in [-0.25, -0.2) is 8.42 Å². The summed E-state index contributed by atoms with van der Waals surface area (Å²) in [5, 5.41) is 17.9. The predicted molar refractivity (Wildman–Crippen MR) is 36.9 cm³/mol. The predicted octanol–water partition coefficient (Wildman–Crippen LogP) is -4.33. The zero-order valence-electron chi connectivity index (χ0n) is 7.31. The van der Waals surface area contributed by atoms with Crippen LogP contribution in [0.25, 0.3) is 0 Å². The molecule has 0 saturated heterocycles. The Kier molecular flexibility index (Phi) is 6.25. The molecule has 0 rings (SSSR count). The molecule has 12 heavy (non-hydrogen) atoms. The summed E-state index contributed by atoms with van der Waals surface area (Å²) < 4.78 is 30.2. The second-order valence-corrected chi connectivity index (χ2v) is 4.34. The van der Waals surface area contributed by atoms with Crippen molar-refractivity contribution in [1.29, 1.82) is 0 Å². The largest absolute Gasteiger partial charge is 1.00 e. The van der Waals surface area contributed by atoms with Crippen molar-refractivity contribution >= 4 is 10.1 Å². The smallest absolute Gasteiger partial charge is 0.748 e. The first kappa shape index (κ1) is 15.3. The zero-order valence-corrected chi connectivity index (χ0v) is 10.1. The van der Waals surface area contributed by atoms with Crippen LogP contribution in [0.4, 0.5) is 0 Å². The summed E-state index contributed by atoms with van der Waals surface area (Å²) in [6.45, 7) is 2.45. The standard InChI is InChI=1S/C5H12O5S.Na/c1-5(2,7)4(6)3-11(8,9)10;/h4,6-7H,3H2,1-2H3,(H,8,9,10);/q;+1/p-1. The van der Waals surface area contributed by atoms with E-state index in [0.717, 1.165) is 0 Å². The Morgan fingerprint density at radius 1 is 1.50 bits per heavy atom. The maximum Gasteiger partial charge on any atom is 1.00 e. The van der Waals surface area contributed by atoms with E-state index in [0.29, 0.717) is 0 Å². The van der Waals surface area contributed by atoms with Crippen molar-refractivity contribution < 1.29 is 52.7 Å². The second kappa shape index (κ2) is 4.90. The molecular formula is C5H11NaO5S. The first-order valence-corrected chi connectivity index (χ1v) is 4.54. The van der Waals surface area contributed by atoms with Gasteiger partial charge >= 0.3 is 29.6 Å². The molecule has 0 radical (unpaired) electrons. The molecule has 7 heteroatoms. The van der Waals surface area contributed by atoms with Crippen LogP contribution in [0.2, 0.25) is 0 Å². The molecule has 0 aromatic heterocycles. The first-order chi connectivity index (χ1) is 4.63. The molecule has 0 saturated carbocycles. The fourth-order valence-corrected chi connectivity index (χ4v) is 1.19. The summed E-state index contributed by atoms with van der Waals surface area (Å²) in [7, 11) is -4.47. The average Bonchev–Trinajstić information content (AvgIpc) is 1.56. The number of aliphatic hydroxyl groups is 2. The van der Waals surface area contributed by atoms with Gasteiger partial charge in [-0.2, -0.15) is 0 Å². The van der Waals surface area contributed by atoms with Crippen LogP contribution in [-0.4, -0.2) is 40.6 Å². The van der Waals surface area contributed by atoms with Crippen molar-refractivity contribution in [2.45, 2.75) is 25.6 Å². The second-order valence-electron chi connectivity index (χ2n) is 2.89. The third-order valence-electron chi connectivity index (χ3n) is 1.18. The third-order valence-corrected chi connectivity index (χ3v) is 1.90. The molecule has 0 aromatic carbocycles. The number of hydrogen-bond donors (Lipinski definition) is 2. The monoisotopic (exact) mass is 206 g/mol. The molecule has 0 aliphatic carbocycles. The number of rotatable bonds is 3. The van der Waals surface area contributed by atoms with Crippen molar-refractivity contribution in [2.75, 3.05) is 5.75 Å². The van der Waals surface area contributed by atoms with Crippen LogP contribution in [-0.2, 0) is 10.1 Å². The topological polar surface area (TPSA) is 97.7 Å². The van der Waals surface area contributed by atoms with Crippen molar-refractivity contribution in [2.24, 2.45) is 0 Å². The molecule has 0 aromatic rings. The van der Waals surface area contributed by atoms with Gasteiger partial charge in [-0.15, -0.1) is 0 Å². The average molecular weight is 206 g/mol. The van der Waals surface area contributed by atoms with E-state index in [1.807, 2.05) is 0 Å². The summed E-state index contributed by atoms with van der Waals surface area (Å²) in [5.74, 6) is -0.962. The van der Waals surface area contributed by atoms with Gasteiger partial charge in [0.1, 0.15) is 0 Å². The summed E-state index contributed by atoms with van der Waals surface area (Å²) in [5.41, 5.74) is -1.56. The summed E-state index contributed by atoms with van der Waals surface area (Å²) in [6.07, 6.45) is -1.54. The van der Waals surface area contributed by atoms with Gasteiger partial charge in [0.2, 0.25) is 0 Å². The van der Waals surface area contributed by atoms with Crippen molar-refractivity contribution in [3.8, 4) is 0 Å². The summed E-state index contributed by atoms with van der Waals surface area (Å²) >= 11 is 0. The molecule has 0 spiro atoms. The molecule has 5 nitrogen and oxygen atoms in total. The maximum atomic E-state index is 10.1. The molecule has 1 unspecified atom stereocenters. The Labute approximate surface area is 93.8 Å². The quantitative estimate of drug-likeness (QED) is 0.359. The van der Waals surface area contributed by atoms with E-state index in [1.54, 1.807) is 0 Å². The minimum atomic E-state index is -4.47. The van der Waals surface area contributed by atoms with E-state index in [-0.39, 0.29) is 29.6 Å². The van der Waals surface area contributed by atoms with Gasteiger partial charge in [0.25, 0.3) is 0 Å². The molecule has 1 atom stereocenters. The minimum Gasteiger partial charge on any atom is -0.748 e. The molecule has 2 N–H and O–H groups in total. The van der Waals surface area contributed by atoms with Crippen LogP contribution in [0.3, 0.4) is 0 Å². The fourth-order valence-electron chi connectivity index (χ4n) is 0.397. The molecular weight excluding hydrogens is 195 g/mol. The Balaban J connectivity index is 0. The van der Waals surface area contributed by atoms with Crippen molar-refractivity contribution in [3.05, 3.63) is 0 Å². The van der Waals surface area contributed by atoms with Gasteiger partial charge in [0.15, 0.2) is 0 Å². The van der Waals surface area contributed by atoms with Crippen LogP contribution in [0.1, 0.15) is 13.8 Å². The fraction of sp³-hybridized carbons (Fsp3) is 1.00. The van der Waals surface area contributed by atoms with Crippen LogP contribution in [0, 0.1) is 0 Å². The van der Waals surface area contributed by atoms with E-state index >= 15 is 0 Å². The van der Waals surface area contributed by atoms with Gasteiger partial charge in [0, 0.05) is 0 Å². The minimum absolute atomic E-state index is 0. The molecule has 0 aliphatic heterocycles. The normalized spacial score (nSPS) is 15.1. The summed E-state index contributed by atoms with van der Waals surface area (Å²) in [4.78, 5) is 0. The zero-order chi connectivity index (χ0) is 9.28. The Bertz CT molecular complexity index is 216.